The molecule has 0 aliphatic heterocycles. The van der Waals surface area contributed by atoms with Crippen molar-refractivity contribution in [1.29, 1.82) is 0 Å². The van der Waals surface area contributed by atoms with Crippen LogP contribution in [0.15, 0.2) is 48.5 Å². The van der Waals surface area contributed by atoms with Crippen LogP contribution in [-0.2, 0) is 0 Å². The number of ether oxygens (including phenoxy) is 1. The number of para-hydroxylation sites is 1. The molecule has 114 valence electrons. The van der Waals surface area contributed by atoms with Gasteiger partial charge in [0.15, 0.2) is 0 Å². The highest BCUT2D eigenvalue weighted by atomic mass is 35.5. The molecule has 0 aromatic heterocycles. The molecule has 3 heteroatoms. The van der Waals surface area contributed by atoms with E-state index in [-0.39, 0.29) is 0 Å². The molecule has 1 aliphatic carbocycles. The average molecular weight is 313 g/mol. The van der Waals surface area contributed by atoms with Gasteiger partial charge < -0.3 is 4.74 Å². The molecular formula is C19H22BClO. The average Bonchev–Trinajstić information content (AvgIpc) is 2.58. The van der Waals surface area contributed by atoms with Gasteiger partial charge in [0, 0.05) is 5.02 Å². The molecule has 1 fully saturated rings. The molecule has 0 bridgehead atoms. The fraction of sp³-hybridized carbons (Fsp3) is 0.368. The summed E-state index contributed by atoms with van der Waals surface area (Å²) in [6.07, 6.45) is 6.54. The number of methoxy groups -OCH3 is 1. The third kappa shape index (κ3) is 3.17. The Labute approximate surface area is 138 Å². The molecule has 1 nitrogen and oxygen atoms in total. The molecule has 1 aliphatic rings. The van der Waals surface area contributed by atoms with Crippen molar-refractivity contribution < 1.29 is 4.74 Å². The monoisotopic (exact) mass is 312 g/mol. The molecule has 0 spiro atoms. The molecule has 0 saturated heterocycles. The zero-order valence-corrected chi connectivity index (χ0v) is 13.9. The topological polar surface area (TPSA) is 9.23 Å². The van der Waals surface area contributed by atoms with Crippen LogP contribution in [0.1, 0.15) is 32.1 Å². The van der Waals surface area contributed by atoms with E-state index in [1.807, 2.05) is 18.2 Å². The Kier molecular flexibility index (Phi) is 5.10. The molecule has 0 radical (unpaired) electrons. The van der Waals surface area contributed by atoms with Crippen molar-refractivity contribution in [3.8, 4) is 5.75 Å². The van der Waals surface area contributed by atoms with Gasteiger partial charge in [-0.3, -0.25) is 0 Å². The molecule has 22 heavy (non-hydrogen) atoms. The summed E-state index contributed by atoms with van der Waals surface area (Å²) in [6.45, 7) is 0.324. The first kappa shape index (κ1) is 15.5. The minimum absolute atomic E-state index is 0.324. The van der Waals surface area contributed by atoms with Crippen molar-refractivity contribution in [3.05, 3.63) is 53.6 Å². The molecule has 0 N–H and O–H groups in total. The van der Waals surface area contributed by atoms with E-state index >= 15 is 0 Å². The molecule has 2 aromatic rings. The molecule has 0 atom stereocenters. The second kappa shape index (κ2) is 7.24. The Morgan fingerprint density at radius 3 is 2.23 bits per heavy atom. The number of rotatable bonds is 4. The van der Waals surface area contributed by atoms with Crippen molar-refractivity contribution in [1.82, 2.24) is 0 Å². The van der Waals surface area contributed by atoms with Crippen LogP contribution in [-0.4, -0.2) is 13.8 Å². The van der Waals surface area contributed by atoms with Crippen molar-refractivity contribution in [2.24, 2.45) is 0 Å². The maximum Gasteiger partial charge on any atom is 0.219 e. The Hall–Kier alpha value is -1.41. The normalized spacial score (nSPS) is 15.5. The molecule has 0 heterocycles. The van der Waals surface area contributed by atoms with E-state index in [1.54, 1.807) is 7.11 Å². The van der Waals surface area contributed by atoms with Crippen LogP contribution in [0.2, 0.25) is 10.8 Å². The van der Waals surface area contributed by atoms with Gasteiger partial charge >= 0.3 is 0 Å². The summed E-state index contributed by atoms with van der Waals surface area (Å²) in [7, 11) is 1.75. The van der Waals surface area contributed by atoms with Gasteiger partial charge in [0.05, 0.1) is 7.11 Å². The van der Waals surface area contributed by atoms with Crippen molar-refractivity contribution in [3.63, 3.8) is 0 Å². The third-order valence-electron chi connectivity index (χ3n) is 4.84. The highest BCUT2D eigenvalue weighted by Gasteiger charge is 2.33. The Balaban J connectivity index is 2.08. The van der Waals surface area contributed by atoms with Gasteiger partial charge in [-0.2, -0.15) is 0 Å². The predicted octanol–water partition coefficient (Wildman–Crippen LogP) is 4.29. The Morgan fingerprint density at radius 2 is 1.55 bits per heavy atom. The van der Waals surface area contributed by atoms with E-state index in [0.29, 0.717) is 12.5 Å². The molecule has 0 amide bonds. The fourth-order valence-electron chi connectivity index (χ4n) is 3.79. The lowest BCUT2D eigenvalue weighted by molar-refractivity contribution is 0.417. The minimum atomic E-state index is 0.324. The maximum absolute atomic E-state index is 6.54. The van der Waals surface area contributed by atoms with Crippen LogP contribution in [0.4, 0.5) is 0 Å². The van der Waals surface area contributed by atoms with Gasteiger partial charge in [0.25, 0.3) is 0 Å². The summed E-state index contributed by atoms with van der Waals surface area (Å²) in [6, 6.07) is 16.7. The fourth-order valence-corrected chi connectivity index (χ4v) is 4.05. The van der Waals surface area contributed by atoms with Gasteiger partial charge in [0.2, 0.25) is 6.71 Å². The summed E-state index contributed by atoms with van der Waals surface area (Å²) in [5, 5.41) is 0.865. The number of hydrogen-bond acceptors (Lipinski definition) is 1. The Morgan fingerprint density at radius 1 is 0.909 bits per heavy atom. The highest BCUT2D eigenvalue weighted by Crippen LogP contribution is 2.32. The first-order chi connectivity index (χ1) is 10.8. The van der Waals surface area contributed by atoms with Gasteiger partial charge in [-0.15, -0.1) is 0 Å². The first-order valence-corrected chi connectivity index (χ1v) is 8.56. The zero-order chi connectivity index (χ0) is 15.4. The molecule has 3 rings (SSSR count). The first-order valence-electron chi connectivity index (χ1n) is 8.18. The molecule has 1 saturated carbocycles. The van der Waals surface area contributed by atoms with Gasteiger partial charge in [-0.25, -0.2) is 0 Å². The van der Waals surface area contributed by atoms with Crippen LogP contribution < -0.4 is 15.7 Å². The lowest BCUT2D eigenvalue weighted by Gasteiger charge is -2.30. The summed E-state index contributed by atoms with van der Waals surface area (Å²) in [5.41, 5.74) is 2.51. The number of halogens is 1. The summed E-state index contributed by atoms with van der Waals surface area (Å²) < 4.78 is 5.64. The van der Waals surface area contributed by atoms with Gasteiger partial charge in [-0.1, -0.05) is 91.4 Å². The van der Waals surface area contributed by atoms with E-state index < -0.39 is 0 Å². The van der Waals surface area contributed by atoms with E-state index in [0.717, 1.165) is 10.8 Å². The standard InChI is InChI=1S/C19H22BClO/c1-22-19-14-8-6-12-17(19)20(15-9-3-2-4-10-15)16-11-5-7-13-18(16)21/h5-8,11-15H,2-4,9-10H2,1H3. The zero-order valence-electron chi connectivity index (χ0n) is 13.1. The van der Waals surface area contributed by atoms with E-state index in [4.69, 9.17) is 16.3 Å². The smallest absolute Gasteiger partial charge is 0.219 e. The van der Waals surface area contributed by atoms with Crippen molar-refractivity contribution >= 4 is 29.2 Å². The largest absolute Gasteiger partial charge is 0.497 e. The van der Waals surface area contributed by atoms with Crippen LogP contribution in [0, 0.1) is 0 Å². The van der Waals surface area contributed by atoms with Crippen LogP contribution in [0.5, 0.6) is 5.75 Å². The second-order valence-electron chi connectivity index (χ2n) is 6.14. The van der Waals surface area contributed by atoms with E-state index in [9.17, 15) is 0 Å². The summed E-state index contributed by atoms with van der Waals surface area (Å²) >= 11 is 6.54. The quantitative estimate of drug-likeness (QED) is 0.765. The lowest BCUT2D eigenvalue weighted by atomic mass is 9.31. The Bertz CT molecular complexity index is 622. The molecular weight excluding hydrogens is 290 g/mol. The maximum atomic E-state index is 6.54. The van der Waals surface area contributed by atoms with Gasteiger partial charge in [0.1, 0.15) is 5.75 Å². The predicted molar refractivity (Wildman–Crippen MR) is 96.3 cm³/mol. The second-order valence-corrected chi connectivity index (χ2v) is 6.55. The van der Waals surface area contributed by atoms with Crippen LogP contribution in [0.3, 0.4) is 0 Å². The molecule has 2 aromatic carbocycles. The third-order valence-corrected chi connectivity index (χ3v) is 5.18. The van der Waals surface area contributed by atoms with E-state index in [2.05, 4.69) is 30.3 Å². The highest BCUT2D eigenvalue weighted by molar-refractivity contribution is 6.88. The lowest BCUT2D eigenvalue weighted by Crippen LogP contribution is -2.47. The molecule has 0 unspecified atom stereocenters. The SMILES string of the molecule is COc1ccccc1B(c1ccccc1Cl)C1CCCCC1. The summed E-state index contributed by atoms with van der Waals surface area (Å²) in [5.74, 6) is 1.61. The number of hydrogen-bond donors (Lipinski definition) is 0. The van der Waals surface area contributed by atoms with Crippen molar-refractivity contribution in [2.45, 2.75) is 37.9 Å². The van der Waals surface area contributed by atoms with Crippen LogP contribution >= 0.6 is 11.6 Å². The van der Waals surface area contributed by atoms with Gasteiger partial charge in [-0.05, 0) is 17.6 Å². The van der Waals surface area contributed by atoms with Crippen LogP contribution in [0.25, 0.3) is 0 Å². The summed E-state index contributed by atoms with van der Waals surface area (Å²) in [4.78, 5) is 0. The number of benzene rings is 2. The minimum Gasteiger partial charge on any atom is -0.497 e. The van der Waals surface area contributed by atoms with Crippen molar-refractivity contribution in [2.75, 3.05) is 7.11 Å². The van der Waals surface area contributed by atoms with E-state index in [1.165, 1.54) is 43.0 Å².